The summed E-state index contributed by atoms with van der Waals surface area (Å²) in [6.07, 6.45) is 5.02. The molecule has 1 amide bonds. The molecule has 0 fully saturated rings. The molecule has 38 heavy (non-hydrogen) atoms. The molecule has 1 aliphatic heterocycles. The van der Waals surface area contributed by atoms with Gasteiger partial charge in [-0.15, -0.1) is 5.10 Å². The van der Waals surface area contributed by atoms with E-state index in [-0.39, 0.29) is 22.6 Å². The molecule has 1 aliphatic rings. The van der Waals surface area contributed by atoms with Gasteiger partial charge in [0.25, 0.3) is 5.56 Å². The molecule has 4 aromatic heterocycles. The number of anilines is 1. The SMILES string of the molecule is O=C(O)Nc1ccc(-c2cnc([C@@H]3CCc4cc(-c5cc(Cl)ccc5-n5cc(Cl)nn5)cc(=O)n43)[nH]2)cn1. The summed E-state index contributed by atoms with van der Waals surface area (Å²) in [5.74, 6) is 0.880. The van der Waals surface area contributed by atoms with Crippen LogP contribution in [0.15, 0.2) is 65.8 Å². The van der Waals surface area contributed by atoms with Crippen molar-refractivity contribution in [2.24, 2.45) is 0 Å². The average Bonchev–Trinajstić information content (AvgIpc) is 3.64. The summed E-state index contributed by atoms with van der Waals surface area (Å²) in [5, 5.41) is 19.7. The number of pyridine rings is 2. The van der Waals surface area contributed by atoms with Gasteiger partial charge in [0, 0.05) is 34.1 Å². The summed E-state index contributed by atoms with van der Waals surface area (Å²) in [7, 11) is 0. The van der Waals surface area contributed by atoms with Crippen LogP contribution in [0.2, 0.25) is 10.2 Å². The third-order valence-corrected chi connectivity index (χ3v) is 6.74. The van der Waals surface area contributed by atoms with Gasteiger partial charge in [0.1, 0.15) is 11.6 Å². The van der Waals surface area contributed by atoms with Gasteiger partial charge in [-0.05, 0) is 54.8 Å². The summed E-state index contributed by atoms with van der Waals surface area (Å²) in [4.78, 5) is 36.1. The number of rotatable bonds is 5. The Balaban J connectivity index is 1.33. The lowest BCUT2D eigenvalue weighted by atomic mass is 10.0. The predicted molar refractivity (Wildman–Crippen MR) is 141 cm³/mol. The minimum Gasteiger partial charge on any atom is -0.465 e. The van der Waals surface area contributed by atoms with Crippen molar-refractivity contribution in [3.8, 4) is 28.1 Å². The van der Waals surface area contributed by atoms with Crippen molar-refractivity contribution in [1.82, 2.24) is 34.5 Å². The number of H-pyrrole nitrogens is 1. The number of imidazole rings is 1. The second-order valence-electron chi connectivity index (χ2n) is 8.69. The van der Waals surface area contributed by atoms with E-state index in [1.165, 1.54) is 0 Å². The number of fused-ring (bicyclic) bond motifs is 1. The number of nitrogens with one attached hydrogen (secondary N) is 2. The van der Waals surface area contributed by atoms with E-state index in [9.17, 15) is 9.59 Å². The van der Waals surface area contributed by atoms with Gasteiger partial charge >= 0.3 is 6.09 Å². The minimum atomic E-state index is -1.18. The smallest absolute Gasteiger partial charge is 0.410 e. The number of nitrogens with zero attached hydrogens (tertiary/aromatic N) is 6. The lowest BCUT2D eigenvalue weighted by molar-refractivity contribution is 0.209. The molecule has 6 rings (SSSR count). The van der Waals surface area contributed by atoms with Crippen LogP contribution in [0.1, 0.15) is 24.0 Å². The molecule has 3 N–H and O–H groups in total. The van der Waals surface area contributed by atoms with Crippen molar-refractivity contribution in [1.29, 1.82) is 0 Å². The molecule has 190 valence electrons. The molecule has 5 heterocycles. The first-order chi connectivity index (χ1) is 18.4. The molecule has 1 atom stereocenters. The number of hydrogen-bond donors (Lipinski definition) is 3. The molecule has 0 unspecified atom stereocenters. The molecule has 0 radical (unpaired) electrons. The van der Waals surface area contributed by atoms with Crippen LogP contribution in [-0.2, 0) is 6.42 Å². The Morgan fingerprint density at radius 3 is 2.68 bits per heavy atom. The van der Waals surface area contributed by atoms with Gasteiger partial charge in [-0.1, -0.05) is 28.4 Å². The minimum absolute atomic E-state index is 0.161. The van der Waals surface area contributed by atoms with Crippen molar-refractivity contribution in [3.05, 3.63) is 93.1 Å². The normalized spacial score (nSPS) is 14.4. The van der Waals surface area contributed by atoms with E-state index in [4.69, 9.17) is 28.3 Å². The Labute approximate surface area is 224 Å². The van der Waals surface area contributed by atoms with Gasteiger partial charge in [0.15, 0.2) is 5.15 Å². The standard InChI is InChI=1S/C25H18Cl2N8O3/c26-15-2-4-19(34-12-21(27)32-33-34)17(9-15)14-7-16-3-5-20(35(16)23(36)8-14)24-29-11-18(30-24)13-1-6-22(28-10-13)31-25(37)38/h1-2,4,6-12,20H,3,5H2,(H,28,31)(H,29,30)(H,37,38)/t20-/m0/s1. The monoisotopic (exact) mass is 548 g/mol. The van der Waals surface area contributed by atoms with Crippen molar-refractivity contribution in [2.75, 3.05) is 5.32 Å². The third-order valence-electron chi connectivity index (χ3n) is 6.34. The highest BCUT2D eigenvalue weighted by Gasteiger charge is 2.28. The van der Waals surface area contributed by atoms with Crippen molar-refractivity contribution >= 4 is 35.1 Å². The van der Waals surface area contributed by atoms with E-state index >= 15 is 0 Å². The van der Waals surface area contributed by atoms with Crippen LogP contribution in [-0.4, -0.2) is 45.7 Å². The van der Waals surface area contributed by atoms with Crippen molar-refractivity contribution < 1.29 is 9.90 Å². The van der Waals surface area contributed by atoms with Crippen LogP contribution < -0.4 is 10.9 Å². The number of aromatic amines is 1. The first-order valence-corrected chi connectivity index (χ1v) is 12.3. The number of aryl methyl sites for hydroxylation is 1. The van der Waals surface area contributed by atoms with Crippen LogP contribution in [0, 0.1) is 0 Å². The zero-order valence-corrected chi connectivity index (χ0v) is 21.0. The largest absolute Gasteiger partial charge is 0.465 e. The number of halogens is 2. The van der Waals surface area contributed by atoms with E-state index in [1.807, 2.05) is 6.07 Å². The number of amides is 1. The molecule has 11 nitrogen and oxygen atoms in total. The number of hydrogen-bond acceptors (Lipinski definition) is 6. The van der Waals surface area contributed by atoms with Gasteiger partial charge in [-0.3, -0.25) is 10.1 Å². The van der Waals surface area contributed by atoms with Gasteiger partial charge in [0.05, 0.1) is 29.8 Å². The molecule has 0 spiro atoms. The molecule has 1 aromatic carbocycles. The van der Waals surface area contributed by atoms with Crippen LogP contribution in [0.4, 0.5) is 10.6 Å². The molecule has 0 saturated carbocycles. The Bertz CT molecular complexity index is 1740. The quantitative estimate of drug-likeness (QED) is 0.285. The van der Waals surface area contributed by atoms with E-state index in [1.54, 1.807) is 64.2 Å². The average molecular weight is 549 g/mol. The Morgan fingerprint density at radius 1 is 1.08 bits per heavy atom. The van der Waals surface area contributed by atoms with Gasteiger partial charge in [-0.2, -0.15) is 0 Å². The lowest BCUT2D eigenvalue weighted by Crippen LogP contribution is -2.23. The molecule has 0 saturated heterocycles. The maximum Gasteiger partial charge on any atom is 0.410 e. The van der Waals surface area contributed by atoms with E-state index in [0.29, 0.717) is 40.6 Å². The van der Waals surface area contributed by atoms with Crippen molar-refractivity contribution in [2.45, 2.75) is 18.9 Å². The highest BCUT2D eigenvalue weighted by molar-refractivity contribution is 6.31. The van der Waals surface area contributed by atoms with Gasteiger partial charge < -0.3 is 14.7 Å². The summed E-state index contributed by atoms with van der Waals surface area (Å²) >= 11 is 12.3. The predicted octanol–water partition coefficient (Wildman–Crippen LogP) is 4.81. The summed E-state index contributed by atoms with van der Waals surface area (Å²) in [5.41, 5.74) is 4.31. The van der Waals surface area contributed by atoms with Crippen LogP contribution in [0.5, 0.6) is 0 Å². The number of benzene rings is 1. The fraction of sp³-hybridized carbons (Fsp3) is 0.120. The van der Waals surface area contributed by atoms with E-state index in [2.05, 4.69) is 30.6 Å². The van der Waals surface area contributed by atoms with E-state index in [0.717, 1.165) is 16.8 Å². The van der Waals surface area contributed by atoms with Crippen LogP contribution in [0.25, 0.3) is 28.1 Å². The van der Waals surface area contributed by atoms with Crippen molar-refractivity contribution in [3.63, 3.8) is 0 Å². The number of carbonyl (C=O) groups is 1. The molecule has 0 aliphatic carbocycles. The lowest BCUT2D eigenvalue weighted by Gasteiger charge is -2.15. The summed E-state index contributed by atoms with van der Waals surface area (Å²) < 4.78 is 3.30. The number of carboxylic acid groups (broad SMARTS) is 1. The van der Waals surface area contributed by atoms with Crippen LogP contribution >= 0.6 is 23.2 Å². The Kier molecular flexibility index (Phi) is 5.93. The second kappa shape index (κ2) is 9.43. The van der Waals surface area contributed by atoms with E-state index < -0.39 is 6.09 Å². The molecule has 0 bridgehead atoms. The number of aromatic nitrogens is 7. The fourth-order valence-electron chi connectivity index (χ4n) is 4.70. The van der Waals surface area contributed by atoms with Gasteiger partial charge in [-0.25, -0.2) is 19.4 Å². The maximum absolute atomic E-state index is 13.4. The molecule has 5 aromatic rings. The first kappa shape index (κ1) is 23.9. The van der Waals surface area contributed by atoms with Crippen LogP contribution in [0.3, 0.4) is 0 Å². The topological polar surface area (TPSA) is 144 Å². The highest BCUT2D eigenvalue weighted by Crippen LogP contribution is 2.34. The zero-order valence-electron chi connectivity index (χ0n) is 19.5. The molecule has 13 heteroatoms. The summed E-state index contributed by atoms with van der Waals surface area (Å²) in [6.45, 7) is 0. The maximum atomic E-state index is 13.4. The Morgan fingerprint density at radius 2 is 1.95 bits per heavy atom. The molecular weight excluding hydrogens is 531 g/mol. The fourth-order valence-corrected chi connectivity index (χ4v) is 5.00. The molecular formula is C25H18Cl2N8O3. The summed E-state index contributed by atoms with van der Waals surface area (Å²) in [6, 6.07) is 11.9. The third kappa shape index (κ3) is 4.42. The zero-order chi connectivity index (χ0) is 26.4. The first-order valence-electron chi connectivity index (χ1n) is 11.5. The second-order valence-corrected chi connectivity index (χ2v) is 9.51. The van der Waals surface area contributed by atoms with Gasteiger partial charge in [0.2, 0.25) is 0 Å². The Hall–Kier alpha value is -4.48. The highest BCUT2D eigenvalue weighted by atomic mass is 35.5.